The van der Waals surface area contributed by atoms with Gasteiger partial charge in [-0.15, -0.1) is 0 Å². The Labute approximate surface area is 149 Å². The topological polar surface area (TPSA) is 80.3 Å². The third-order valence-electron chi connectivity index (χ3n) is 6.54. The summed E-state index contributed by atoms with van der Waals surface area (Å²) < 4.78 is 39.9. The van der Waals surface area contributed by atoms with Gasteiger partial charge in [0, 0.05) is 12.3 Å². The Morgan fingerprint density at radius 1 is 1.20 bits per heavy atom. The van der Waals surface area contributed by atoms with Crippen LogP contribution >= 0.6 is 0 Å². The molecule has 5 aliphatic rings. The van der Waals surface area contributed by atoms with E-state index in [9.17, 15) is 8.42 Å². The second-order valence-electron chi connectivity index (χ2n) is 8.23. The van der Waals surface area contributed by atoms with E-state index >= 15 is 0 Å². The molecule has 2 bridgehead atoms. The Balaban J connectivity index is 1.57. The molecule has 0 N–H and O–H groups in total. The van der Waals surface area contributed by atoms with Crippen molar-refractivity contribution in [3.05, 3.63) is 0 Å². The summed E-state index contributed by atoms with van der Waals surface area (Å²) in [4.78, 5) is 11.8. The van der Waals surface area contributed by atoms with Gasteiger partial charge in [0.15, 0.2) is 11.9 Å². The van der Waals surface area contributed by atoms with Crippen LogP contribution in [0.1, 0.15) is 52.4 Å². The molecule has 0 radical (unpaired) electrons. The van der Waals surface area contributed by atoms with Crippen LogP contribution in [0.15, 0.2) is 0 Å². The molecule has 8 heteroatoms. The van der Waals surface area contributed by atoms with Gasteiger partial charge in [-0.25, -0.2) is 9.78 Å². The van der Waals surface area contributed by atoms with Crippen LogP contribution in [0.4, 0.5) is 0 Å². The molecule has 4 heterocycles. The summed E-state index contributed by atoms with van der Waals surface area (Å²) in [5.74, 6) is 0.0932. The van der Waals surface area contributed by atoms with E-state index in [1.165, 1.54) is 6.42 Å². The number of hydrogen-bond acceptors (Lipinski definition) is 7. The molecule has 1 spiro atoms. The minimum absolute atomic E-state index is 0.118. The van der Waals surface area contributed by atoms with E-state index in [0.29, 0.717) is 12.3 Å². The predicted molar refractivity (Wildman–Crippen MR) is 87.7 cm³/mol. The maximum absolute atomic E-state index is 11.2. The summed E-state index contributed by atoms with van der Waals surface area (Å²) >= 11 is 0. The molecule has 5 rings (SSSR count). The van der Waals surface area contributed by atoms with Gasteiger partial charge in [0.05, 0.1) is 19.0 Å². The lowest BCUT2D eigenvalue weighted by atomic mass is 9.60. The summed E-state index contributed by atoms with van der Waals surface area (Å²) in [6, 6.07) is 0. The van der Waals surface area contributed by atoms with Crippen molar-refractivity contribution in [2.75, 3.05) is 12.9 Å². The van der Waals surface area contributed by atoms with Crippen molar-refractivity contribution < 1.29 is 31.8 Å². The molecule has 25 heavy (non-hydrogen) atoms. The molecule has 144 valence electrons. The van der Waals surface area contributed by atoms with E-state index in [1.807, 2.05) is 6.92 Å². The minimum atomic E-state index is -3.44. The molecule has 1 saturated carbocycles. The second-order valence-corrected chi connectivity index (χ2v) is 9.87. The molecule has 4 saturated heterocycles. The molecule has 7 atom stereocenters. The third kappa shape index (κ3) is 3.04. The highest BCUT2D eigenvalue weighted by atomic mass is 32.2. The normalized spacial score (nSPS) is 49.5. The van der Waals surface area contributed by atoms with E-state index in [-0.39, 0.29) is 24.5 Å². The molecule has 0 aromatic carbocycles. The molecule has 0 aromatic heterocycles. The molecule has 0 amide bonds. The Morgan fingerprint density at radius 2 is 2.00 bits per heavy atom. The summed E-state index contributed by atoms with van der Waals surface area (Å²) in [6.45, 7) is 4.18. The highest BCUT2D eigenvalue weighted by molar-refractivity contribution is 7.85. The SMILES string of the molecule is CC1C(CCOS(C)(=O)=O)OC2OC3(C)CCC4CCCC1C42OO3. The van der Waals surface area contributed by atoms with Crippen LogP contribution in [-0.4, -0.2) is 45.1 Å². The van der Waals surface area contributed by atoms with Crippen LogP contribution in [-0.2, 0) is 33.6 Å². The van der Waals surface area contributed by atoms with Crippen molar-refractivity contribution in [1.29, 1.82) is 0 Å². The maximum atomic E-state index is 11.2. The first kappa shape index (κ1) is 18.1. The Morgan fingerprint density at radius 3 is 2.76 bits per heavy atom. The van der Waals surface area contributed by atoms with Gasteiger partial charge in [-0.2, -0.15) is 8.42 Å². The summed E-state index contributed by atoms with van der Waals surface area (Å²) in [7, 11) is -3.44. The highest BCUT2D eigenvalue weighted by Gasteiger charge is 2.67. The van der Waals surface area contributed by atoms with Crippen LogP contribution in [0.5, 0.6) is 0 Å². The predicted octanol–water partition coefficient (Wildman–Crippen LogP) is 2.36. The minimum Gasteiger partial charge on any atom is -0.346 e. The van der Waals surface area contributed by atoms with Crippen molar-refractivity contribution in [3.8, 4) is 0 Å². The van der Waals surface area contributed by atoms with Crippen LogP contribution in [0.25, 0.3) is 0 Å². The Bertz CT molecular complexity index is 622. The zero-order valence-corrected chi connectivity index (χ0v) is 15.9. The van der Waals surface area contributed by atoms with Gasteiger partial charge < -0.3 is 9.47 Å². The monoisotopic (exact) mass is 376 g/mol. The molecule has 4 aliphatic heterocycles. The Kier molecular flexibility index (Phi) is 4.45. The molecular weight excluding hydrogens is 348 g/mol. The fourth-order valence-corrected chi connectivity index (χ4v) is 5.68. The average Bonchev–Trinajstić information content (AvgIpc) is 2.75. The number of rotatable bonds is 4. The van der Waals surface area contributed by atoms with E-state index in [1.54, 1.807) is 0 Å². The molecule has 7 nitrogen and oxygen atoms in total. The van der Waals surface area contributed by atoms with E-state index < -0.39 is 27.8 Å². The second kappa shape index (κ2) is 6.14. The van der Waals surface area contributed by atoms with Gasteiger partial charge >= 0.3 is 0 Å². The van der Waals surface area contributed by atoms with Gasteiger partial charge in [0.1, 0.15) is 0 Å². The molecule has 0 aromatic rings. The van der Waals surface area contributed by atoms with Crippen molar-refractivity contribution >= 4 is 10.1 Å². The highest BCUT2D eigenvalue weighted by Crippen LogP contribution is 2.59. The number of hydrogen-bond donors (Lipinski definition) is 0. The summed E-state index contributed by atoms with van der Waals surface area (Å²) in [5, 5.41) is 0. The molecule has 1 aliphatic carbocycles. The Hall–Kier alpha value is -0.250. The van der Waals surface area contributed by atoms with Crippen LogP contribution in [0.2, 0.25) is 0 Å². The maximum Gasteiger partial charge on any atom is 0.264 e. The zero-order valence-electron chi connectivity index (χ0n) is 15.1. The van der Waals surface area contributed by atoms with Gasteiger partial charge in [-0.05, 0) is 44.4 Å². The standard InChI is InChI=1S/C17H28O7S/c1-11-13-6-4-5-12-7-9-16(2)22-15(17(12,13)24-23-16)21-14(11)8-10-20-25(3,18)19/h11-15H,4-10H2,1-3H3. The first-order valence-corrected chi connectivity index (χ1v) is 11.1. The van der Waals surface area contributed by atoms with Crippen molar-refractivity contribution in [2.24, 2.45) is 17.8 Å². The quantitative estimate of drug-likeness (QED) is 0.550. The van der Waals surface area contributed by atoms with E-state index in [4.69, 9.17) is 23.4 Å². The zero-order chi connectivity index (χ0) is 17.9. The smallest absolute Gasteiger partial charge is 0.264 e. The average molecular weight is 376 g/mol. The lowest BCUT2D eigenvalue weighted by Gasteiger charge is -2.59. The number of ether oxygens (including phenoxy) is 2. The van der Waals surface area contributed by atoms with Gasteiger partial charge in [0.2, 0.25) is 5.79 Å². The molecule has 7 unspecified atom stereocenters. The molecule has 5 fully saturated rings. The van der Waals surface area contributed by atoms with Crippen molar-refractivity contribution in [1.82, 2.24) is 0 Å². The van der Waals surface area contributed by atoms with Crippen LogP contribution in [0.3, 0.4) is 0 Å². The third-order valence-corrected chi connectivity index (χ3v) is 7.13. The lowest BCUT2D eigenvalue weighted by molar-refractivity contribution is -0.569. The van der Waals surface area contributed by atoms with Gasteiger partial charge in [0.25, 0.3) is 10.1 Å². The molecular formula is C17H28O7S. The first-order chi connectivity index (χ1) is 11.7. The van der Waals surface area contributed by atoms with Crippen molar-refractivity contribution in [3.63, 3.8) is 0 Å². The van der Waals surface area contributed by atoms with E-state index in [0.717, 1.165) is 31.9 Å². The lowest BCUT2D eigenvalue weighted by Crippen LogP contribution is -2.69. The van der Waals surface area contributed by atoms with Crippen molar-refractivity contribution in [2.45, 2.75) is 76.2 Å². The van der Waals surface area contributed by atoms with Crippen LogP contribution < -0.4 is 0 Å². The summed E-state index contributed by atoms with van der Waals surface area (Å²) in [5.41, 5.74) is -0.540. The van der Waals surface area contributed by atoms with Gasteiger partial charge in [-0.1, -0.05) is 13.3 Å². The van der Waals surface area contributed by atoms with Crippen LogP contribution in [0, 0.1) is 17.8 Å². The fraction of sp³-hybridized carbons (Fsp3) is 1.00. The fourth-order valence-electron chi connectivity index (χ4n) is 5.28. The number of fused-ring (bicyclic) bond motifs is 2. The largest absolute Gasteiger partial charge is 0.346 e. The summed E-state index contributed by atoms with van der Waals surface area (Å²) in [6.07, 6.45) is 6.13. The first-order valence-electron chi connectivity index (χ1n) is 9.28. The van der Waals surface area contributed by atoms with Gasteiger partial charge in [-0.3, -0.25) is 4.18 Å². The van der Waals surface area contributed by atoms with E-state index in [2.05, 4.69) is 6.92 Å².